The van der Waals surface area contributed by atoms with Crippen LogP contribution in [-0.4, -0.2) is 65.1 Å². The third kappa shape index (κ3) is 6.72. The molecule has 0 aliphatic heterocycles. The first kappa shape index (κ1) is 16.1. The van der Waals surface area contributed by atoms with E-state index in [4.69, 9.17) is 4.74 Å². The van der Waals surface area contributed by atoms with E-state index in [0.29, 0.717) is 12.2 Å². The van der Waals surface area contributed by atoms with Gasteiger partial charge in [0.2, 0.25) is 0 Å². The van der Waals surface area contributed by atoms with Crippen molar-refractivity contribution in [1.29, 1.82) is 0 Å². The summed E-state index contributed by atoms with van der Waals surface area (Å²) in [5, 5.41) is 0. The van der Waals surface area contributed by atoms with Gasteiger partial charge in [0.25, 0.3) is 0 Å². The van der Waals surface area contributed by atoms with Crippen LogP contribution >= 0.6 is 0 Å². The van der Waals surface area contributed by atoms with Gasteiger partial charge in [-0.15, -0.1) is 0 Å². The largest absolute Gasteiger partial charge is 0.427 e. The number of para-hydroxylation sites is 1. The number of rotatable bonds is 2. The van der Waals surface area contributed by atoms with Gasteiger partial charge in [-0.3, -0.25) is 4.79 Å². The fourth-order valence-electron chi connectivity index (χ4n) is 0.692. The summed E-state index contributed by atoms with van der Waals surface area (Å²) in [4.78, 5) is 10.8. The molecule has 0 aliphatic rings. The minimum Gasteiger partial charge on any atom is -0.427 e. The molecule has 0 amide bonds. The molecule has 0 unspecified atom stereocenters. The first-order valence-electron chi connectivity index (χ1n) is 3.58. The molecule has 0 saturated carbocycles. The van der Waals surface area contributed by atoms with Crippen molar-refractivity contribution in [1.82, 2.24) is 0 Å². The molecule has 0 atom stereocenters. The molecule has 2 nitrogen and oxygen atoms in total. The first-order chi connectivity index (χ1) is 5.33. The van der Waals surface area contributed by atoms with E-state index in [-0.39, 0.29) is 65.1 Å². The van der Waals surface area contributed by atoms with Crippen LogP contribution in [0, 0.1) is 0 Å². The maximum atomic E-state index is 10.8. The molecule has 13 heavy (non-hydrogen) atoms. The van der Waals surface area contributed by atoms with Crippen LogP contribution in [0.2, 0.25) is 0 Å². The Balaban J connectivity index is 0. The fraction of sp³-hybridized carbons (Fsp3) is 0.222. The van der Waals surface area contributed by atoms with E-state index in [1.54, 1.807) is 19.1 Å². The molecule has 0 saturated heterocycles. The summed E-state index contributed by atoms with van der Waals surface area (Å²) in [5.74, 6) is 0.413. The molecule has 1 rings (SSSR count). The van der Waals surface area contributed by atoms with E-state index in [0.717, 1.165) is 0 Å². The number of carbonyl (C=O) groups is 1. The Morgan fingerprint density at radius 3 is 2.23 bits per heavy atom. The minimum atomic E-state index is -0.198. The number of hydrogen-bond acceptors (Lipinski definition) is 2. The minimum absolute atomic E-state index is 0. The zero-order valence-electron chi connectivity index (χ0n) is 8.41. The van der Waals surface area contributed by atoms with Gasteiger partial charge in [0.05, 0.1) is 0 Å². The zero-order valence-corrected chi connectivity index (χ0v) is 12.4. The fourth-order valence-corrected chi connectivity index (χ4v) is 0.692. The number of carbonyl (C=O) groups excluding carboxylic acids is 1. The van der Waals surface area contributed by atoms with Crippen LogP contribution in [0.4, 0.5) is 0 Å². The monoisotopic (exact) mass is 196 g/mol. The van der Waals surface area contributed by atoms with Crippen LogP contribution in [0.5, 0.6) is 5.75 Å². The molecular weight excluding hydrogens is 186 g/mol. The maximum absolute atomic E-state index is 10.8. The molecule has 0 spiro atoms. The van der Waals surface area contributed by atoms with Crippen molar-refractivity contribution >= 4 is 65.1 Å². The van der Waals surface area contributed by atoms with Gasteiger partial charge in [-0.2, -0.15) is 0 Å². The van der Waals surface area contributed by atoms with E-state index < -0.39 is 0 Å². The van der Waals surface area contributed by atoms with Crippen LogP contribution < -0.4 is 4.74 Å². The second-order valence-corrected chi connectivity index (χ2v) is 2.14. The van der Waals surface area contributed by atoms with E-state index in [2.05, 4.69) is 0 Å². The maximum Gasteiger partial charge on any atom is 0.310 e. The van der Waals surface area contributed by atoms with Gasteiger partial charge in [0.1, 0.15) is 5.75 Å². The van der Waals surface area contributed by atoms with Gasteiger partial charge in [0.15, 0.2) is 0 Å². The Labute approximate surface area is 123 Å². The van der Waals surface area contributed by atoms with Gasteiger partial charge in [-0.1, -0.05) is 25.1 Å². The average molecular weight is 196 g/mol. The summed E-state index contributed by atoms with van der Waals surface area (Å²) in [5.41, 5.74) is 0. The van der Waals surface area contributed by atoms with Gasteiger partial charge in [0, 0.05) is 65.5 Å². The molecule has 0 bridgehead atoms. The Bertz CT molecular complexity index is 237. The summed E-state index contributed by atoms with van der Waals surface area (Å²) in [6.45, 7) is 1.77. The Morgan fingerprint density at radius 1 is 1.23 bits per heavy atom. The molecule has 0 aromatic heterocycles. The molecule has 0 heterocycles. The molecule has 0 aliphatic carbocycles. The van der Waals surface area contributed by atoms with Crippen molar-refractivity contribution in [3.8, 4) is 5.75 Å². The van der Waals surface area contributed by atoms with Gasteiger partial charge < -0.3 is 4.74 Å². The van der Waals surface area contributed by atoms with E-state index in [9.17, 15) is 4.79 Å². The van der Waals surface area contributed by atoms with Crippen LogP contribution in [0.25, 0.3) is 0 Å². The van der Waals surface area contributed by atoms with Crippen molar-refractivity contribution in [2.75, 3.05) is 0 Å². The Kier molecular flexibility index (Phi) is 11.5. The van der Waals surface area contributed by atoms with Crippen LogP contribution in [0.3, 0.4) is 0 Å². The SMILES string of the molecule is CCC(=O)Oc1ccccc1.[Na].[Na]. The van der Waals surface area contributed by atoms with Gasteiger partial charge in [-0.05, 0) is 12.1 Å². The van der Waals surface area contributed by atoms with E-state index >= 15 is 0 Å². The number of hydrogen-bond donors (Lipinski definition) is 0. The molecular formula is C9H10Na2O2. The first-order valence-corrected chi connectivity index (χ1v) is 3.58. The van der Waals surface area contributed by atoms with Gasteiger partial charge in [-0.25, -0.2) is 0 Å². The van der Waals surface area contributed by atoms with Crippen molar-refractivity contribution in [3.63, 3.8) is 0 Å². The van der Waals surface area contributed by atoms with E-state index in [1.165, 1.54) is 0 Å². The third-order valence-electron chi connectivity index (χ3n) is 1.26. The third-order valence-corrected chi connectivity index (χ3v) is 1.26. The summed E-state index contributed by atoms with van der Waals surface area (Å²) >= 11 is 0. The van der Waals surface area contributed by atoms with E-state index in [1.807, 2.05) is 18.2 Å². The summed E-state index contributed by atoms with van der Waals surface area (Å²) in [6, 6.07) is 9.06. The van der Waals surface area contributed by atoms with Crippen LogP contribution in [0.1, 0.15) is 13.3 Å². The molecule has 0 N–H and O–H groups in total. The normalized spacial score (nSPS) is 7.77. The molecule has 0 fully saturated rings. The number of esters is 1. The van der Waals surface area contributed by atoms with Crippen LogP contribution in [-0.2, 0) is 4.79 Å². The predicted octanol–water partition coefficient (Wildman–Crippen LogP) is 1.24. The van der Waals surface area contributed by atoms with Crippen LogP contribution in [0.15, 0.2) is 30.3 Å². The Hall–Kier alpha value is 0.690. The van der Waals surface area contributed by atoms with Crippen molar-refractivity contribution in [3.05, 3.63) is 30.3 Å². The summed E-state index contributed by atoms with van der Waals surface area (Å²) in [6.07, 6.45) is 0.412. The molecule has 1 aromatic rings. The number of ether oxygens (including phenoxy) is 1. The zero-order chi connectivity index (χ0) is 8.10. The predicted molar refractivity (Wildman–Crippen MR) is 53.9 cm³/mol. The quantitative estimate of drug-likeness (QED) is 0.404. The second kappa shape index (κ2) is 9.25. The molecule has 60 valence electrons. The molecule has 4 heteroatoms. The second-order valence-electron chi connectivity index (χ2n) is 2.14. The van der Waals surface area contributed by atoms with Crippen molar-refractivity contribution < 1.29 is 9.53 Å². The Morgan fingerprint density at radius 2 is 1.77 bits per heavy atom. The topological polar surface area (TPSA) is 26.3 Å². The smallest absolute Gasteiger partial charge is 0.310 e. The average Bonchev–Trinajstić information content (AvgIpc) is 2.06. The van der Waals surface area contributed by atoms with Crippen molar-refractivity contribution in [2.24, 2.45) is 0 Å². The summed E-state index contributed by atoms with van der Waals surface area (Å²) in [7, 11) is 0. The van der Waals surface area contributed by atoms with Gasteiger partial charge >= 0.3 is 5.97 Å². The summed E-state index contributed by atoms with van der Waals surface area (Å²) < 4.78 is 4.92. The molecule has 2 radical (unpaired) electrons. The number of benzene rings is 1. The van der Waals surface area contributed by atoms with Crippen molar-refractivity contribution in [2.45, 2.75) is 13.3 Å². The molecule has 1 aromatic carbocycles. The standard InChI is InChI=1S/C9H10O2.2Na/c1-2-9(10)11-8-6-4-3-5-7-8;;/h3-7H,2H2,1H3;;.